The molecule has 0 atom stereocenters. The van der Waals surface area contributed by atoms with Crippen LogP contribution >= 0.6 is 11.8 Å². The number of benzene rings is 1. The second kappa shape index (κ2) is 6.80. The van der Waals surface area contributed by atoms with Gasteiger partial charge < -0.3 is 11.1 Å². The highest BCUT2D eigenvalue weighted by molar-refractivity contribution is 7.99. The predicted molar refractivity (Wildman–Crippen MR) is 78.4 cm³/mol. The van der Waals surface area contributed by atoms with Gasteiger partial charge >= 0.3 is 0 Å². The molecule has 0 fully saturated rings. The maximum atomic E-state index is 10.9. The first kappa shape index (κ1) is 13.4. The molecule has 3 N–H and O–H groups in total. The minimum absolute atomic E-state index is 0.421. The number of carbonyl (C=O) groups is 1. The Morgan fingerprint density at radius 1 is 1.21 bits per heavy atom. The Bertz CT molecular complexity index is 528. The Labute approximate surface area is 116 Å². The quantitative estimate of drug-likeness (QED) is 0.626. The van der Waals surface area contributed by atoms with E-state index in [2.05, 4.69) is 22.4 Å². The van der Waals surface area contributed by atoms with Crippen LogP contribution in [0, 0.1) is 0 Å². The van der Waals surface area contributed by atoms with Crippen LogP contribution < -0.4 is 11.1 Å². The van der Waals surface area contributed by atoms with Crippen molar-refractivity contribution in [1.29, 1.82) is 0 Å². The normalized spacial score (nSPS) is 10.1. The minimum Gasteiger partial charge on any atom is -0.369 e. The van der Waals surface area contributed by atoms with Crippen LogP contribution in [0.5, 0.6) is 0 Å². The third-order valence-electron chi connectivity index (χ3n) is 2.47. The highest BCUT2D eigenvalue weighted by atomic mass is 32.2. The van der Waals surface area contributed by atoms with Crippen LogP contribution in [0.25, 0.3) is 0 Å². The predicted octanol–water partition coefficient (Wildman–Crippen LogP) is 2.38. The highest BCUT2D eigenvalue weighted by Gasteiger charge is 2.00. The zero-order valence-electron chi connectivity index (χ0n) is 10.4. The van der Waals surface area contributed by atoms with E-state index in [0.29, 0.717) is 5.56 Å². The van der Waals surface area contributed by atoms with Crippen LogP contribution in [0.1, 0.15) is 10.4 Å². The number of pyridine rings is 1. The van der Waals surface area contributed by atoms with Gasteiger partial charge in [-0.15, -0.1) is 11.8 Å². The number of amides is 1. The number of primary amides is 1. The van der Waals surface area contributed by atoms with Crippen molar-refractivity contribution in [2.75, 3.05) is 17.6 Å². The standard InChI is InChI=1S/C14H15N3OS/c15-14(18)11-6-7-13(17-10-11)16-8-9-19-12-4-2-1-3-5-12/h1-7,10H,8-9H2,(H2,15,18)(H,16,17). The second-order valence-electron chi connectivity index (χ2n) is 3.88. The van der Waals surface area contributed by atoms with Gasteiger partial charge in [0.05, 0.1) is 5.56 Å². The summed E-state index contributed by atoms with van der Waals surface area (Å²) in [5, 5.41) is 3.20. The maximum absolute atomic E-state index is 10.9. The lowest BCUT2D eigenvalue weighted by molar-refractivity contribution is 0.1000. The van der Waals surface area contributed by atoms with Crippen molar-refractivity contribution in [3.8, 4) is 0 Å². The topological polar surface area (TPSA) is 68.0 Å². The minimum atomic E-state index is -0.460. The number of carbonyl (C=O) groups excluding carboxylic acids is 1. The number of thioether (sulfide) groups is 1. The molecule has 0 unspecified atom stereocenters. The summed E-state index contributed by atoms with van der Waals surface area (Å²) in [4.78, 5) is 16.3. The molecule has 1 heterocycles. The van der Waals surface area contributed by atoms with E-state index in [1.54, 1.807) is 23.9 Å². The molecule has 1 aromatic carbocycles. The molecule has 2 rings (SSSR count). The molecule has 1 amide bonds. The number of aromatic nitrogens is 1. The zero-order valence-corrected chi connectivity index (χ0v) is 11.2. The molecule has 0 saturated heterocycles. The van der Waals surface area contributed by atoms with Crippen LogP contribution in [-0.4, -0.2) is 23.2 Å². The van der Waals surface area contributed by atoms with Crippen molar-refractivity contribution in [3.63, 3.8) is 0 Å². The van der Waals surface area contributed by atoms with Crippen molar-refractivity contribution >= 4 is 23.5 Å². The van der Waals surface area contributed by atoms with Crippen molar-refractivity contribution < 1.29 is 4.79 Å². The van der Waals surface area contributed by atoms with Gasteiger partial charge in [-0.05, 0) is 24.3 Å². The Balaban J connectivity index is 1.75. The summed E-state index contributed by atoms with van der Waals surface area (Å²) in [7, 11) is 0. The zero-order chi connectivity index (χ0) is 13.5. The van der Waals surface area contributed by atoms with Crippen LogP contribution in [0.15, 0.2) is 53.6 Å². The molecular weight excluding hydrogens is 258 g/mol. The monoisotopic (exact) mass is 273 g/mol. The van der Waals surface area contributed by atoms with Gasteiger partial charge in [0.2, 0.25) is 5.91 Å². The largest absolute Gasteiger partial charge is 0.369 e. The molecule has 0 spiro atoms. The molecule has 0 aliphatic rings. The van der Waals surface area contributed by atoms with Gasteiger partial charge in [-0.25, -0.2) is 4.98 Å². The SMILES string of the molecule is NC(=O)c1ccc(NCCSc2ccccc2)nc1. The van der Waals surface area contributed by atoms with Gasteiger partial charge in [-0.1, -0.05) is 18.2 Å². The smallest absolute Gasteiger partial charge is 0.250 e. The lowest BCUT2D eigenvalue weighted by Crippen LogP contribution is -2.12. The van der Waals surface area contributed by atoms with Gasteiger partial charge in [0, 0.05) is 23.4 Å². The summed E-state index contributed by atoms with van der Waals surface area (Å²) in [5.41, 5.74) is 5.57. The van der Waals surface area contributed by atoms with E-state index < -0.39 is 5.91 Å². The number of nitrogens with two attached hydrogens (primary N) is 1. The molecule has 0 bridgehead atoms. The number of hydrogen-bond acceptors (Lipinski definition) is 4. The molecule has 0 radical (unpaired) electrons. The van der Waals surface area contributed by atoms with Crippen molar-refractivity contribution in [2.24, 2.45) is 5.73 Å². The molecule has 1 aromatic heterocycles. The lowest BCUT2D eigenvalue weighted by atomic mass is 10.3. The van der Waals surface area contributed by atoms with Crippen molar-refractivity contribution in [3.05, 3.63) is 54.2 Å². The first-order valence-corrected chi connectivity index (χ1v) is 6.92. The fraction of sp³-hybridized carbons (Fsp3) is 0.143. The molecule has 5 heteroatoms. The van der Waals surface area contributed by atoms with Gasteiger partial charge in [0.25, 0.3) is 0 Å². The van der Waals surface area contributed by atoms with Crippen molar-refractivity contribution in [1.82, 2.24) is 4.98 Å². The molecule has 19 heavy (non-hydrogen) atoms. The molecule has 0 aliphatic carbocycles. The Morgan fingerprint density at radius 3 is 2.63 bits per heavy atom. The lowest BCUT2D eigenvalue weighted by Gasteiger charge is -2.05. The summed E-state index contributed by atoms with van der Waals surface area (Å²) >= 11 is 1.78. The third-order valence-corrected chi connectivity index (χ3v) is 3.48. The number of nitrogens with one attached hydrogen (secondary N) is 1. The summed E-state index contributed by atoms with van der Waals surface area (Å²) in [6, 6.07) is 13.7. The number of anilines is 1. The molecule has 0 aliphatic heterocycles. The van der Waals surface area contributed by atoms with E-state index in [-0.39, 0.29) is 0 Å². The second-order valence-corrected chi connectivity index (χ2v) is 5.05. The van der Waals surface area contributed by atoms with Gasteiger partial charge in [-0.3, -0.25) is 4.79 Å². The molecular formula is C14H15N3OS. The van der Waals surface area contributed by atoms with Crippen molar-refractivity contribution in [2.45, 2.75) is 4.90 Å². The van der Waals surface area contributed by atoms with Gasteiger partial charge in [0.1, 0.15) is 5.82 Å². The fourth-order valence-corrected chi connectivity index (χ4v) is 2.30. The number of nitrogens with zero attached hydrogens (tertiary/aromatic N) is 1. The molecule has 2 aromatic rings. The Kier molecular flexibility index (Phi) is 4.80. The van der Waals surface area contributed by atoms with Gasteiger partial charge in [-0.2, -0.15) is 0 Å². The summed E-state index contributed by atoms with van der Waals surface area (Å²) < 4.78 is 0. The van der Waals surface area contributed by atoms with Crippen LogP contribution in [0.3, 0.4) is 0 Å². The fourth-order valence-electron chi connectivity index (χ4n) is 1.51. The van der Waals surface area contributed by atoms with Crippen LogP contribution in [-0.2, 0) is 0 Å². The summed E-state index contributed by atoms with van der Waals surface area (Å²) in [5.74, 6) is 1.24. The van der Waals surface area contributed by atoms with Crippen LogP contribution in [0.4, 0.5) is 5.82 Å². The number of rotatable bonds is 6. The average Bonchev–Trinajstić information content (AvgIpc) is 2.45. The molecule has 4 nitrogen and oxygen atoms in total. The Hall–Kier alpha value is -2.01. The van der Waals surface area contributed by atoms with Gasteiger partial charge in [0.15, 0.2) is 0 Å². The van der Waals surface area contributed by atoms with E-state index >= 15 is 0 Å². The molecule has 0 saturated carbocycles. The number of hydrogen-bond donors (Lipinski definition) is 2. The first-order valence-electron chi connectivity index (χ1n) is 5.93. The maximum Gasteiger partial charge on any atom is 0.250 e. The first-order chi connectivity index (χ1) is 9.25. The highest BCUT2D eigenvalue weighted by Crippen LogP contribution is 2.16. The van der Waals surface area contributed by atoms with E-state index in [1.165, 1.54) is 11.1 Å². The summed E-state index contributed by atoms with van der Waals surface area (Å²) in [6.07, 6.45) is 1.48. The average molecular weight is 273 g/mol. The van der Waals surface area contributed by atoms with E-state index in [1.807, 2.05) is 18.2 Å². The summed E-state index contributed by atoms with van der Waals surface area (Å²) in [6.45, 7) is 0.808. The third kappa shape index (κ3) is 4.30. The van der Waals surface area contributed by atoms with E-state index in [9.17, 15) is 4.79 Å². The molecule has 98 valence electrons. The van der Waals surface area contributed by atoms with E-state index in [0.717, 1.165) is 18.1 Å². The Morgan fingerprint density at radius 2 is 2.00 bits per heavy atom. The van der Waals surface area contributed by atoms with E-state index in [4.69, 9.17) is 5.73 Å². The van der Waals surface area contributed by atoms with Crippen LogP contribution in [0.2, 0.25) is 0 Å².